The van der Waals surface area contributed by atoms with E-state index in [1.165, 1.54) is 0 Å². The van der Waals surface area contributed by atoms with Gasteiger partial charge in [-0.2, -0.15) is 0 Å². The molecule has 0 saturated carbocycles. The SMILES string of the molecule is CC(C)(C)C1=CC=C[C@@H](C(C)(C)C)[C@@]1(O)C[C@]1(O)C(C(C)(C)C)=CC=C[C@@H]1C(C)(C)C. The topological polar surface area (TPSA) is 40.5 Å². The number of hydrogen-bond donors (Lipinski definition) is 2. The predicted molar refractivity (Wildman–Crippen MR) is 134 cm³/mol. The van der Waals surface area contributed by atoms with E-state index in [-0.39, 0.29) is 39.9 Å². The van der Waals surface area contributed by atoms with E-state index in [1.54, 1.807) is 0 Å². The largest absolute Gasteiger partial charge is 0.385 e. The van der Waals surface area contributed by atoms with Crippen LogP contribution in [0.4, 0.5) is 0 Å². The highest BCUT2D eigenvalue weighted by molar-refractivity contribution is 5.41. The molecule has 0 aromatic heterocycles. The summed E-state index contributed by atoms with van der Waals surface area (Å²) in [5.41, 5.74) is -1.03. The van der Waals surface area contributed by atoms with Gasteiger partial charge in [0.1, 0.15) is 0 Å². The highest BCUT2D eigenvalue weighted by Gasteiger charge is 2.57. The first kappa shape index (κ1) is 26.1. The van der Waals surface area contributed by atoms with Gasteiger partial charge >= 0.3 is 0 Å². The molecule has 0 unspecified atom stereocenters. The maximum absolute atomic E-state index is 12.6. The second kappa shape index (κ2) is 7.73. The van der Waals surface area contributed by atoms with Gasteiger partial charge in [-0.05, 0) is 32.8 Å². The summed E-state index contributed by atoms with van der Waals surface area (Å²) < 4.78 is 0. The zero-order chi connectivity index (χ0) is 24.3. The number of rotatable bonds is 2. The van der Waals surface area contributed by atoms with Gasteiger partial charge in [-0.3, -0.25) is 0 Å². The third kappa shape index (κ3) is 4.96. The number of aliphatic hydroxyl groups is 2. The van der Waals surface area contributed by atoms with Gasteiger partial charge in [0.25, 0.3) is 0 Å². The van der Waals surface area contributed by atoms with E-state index >= 15 is 0 Å². The van der Waals surface area contributed by atoms with E-state index in [2.05, 4.69) is 120 Å². The summed E-state index contributed by atoms with van der Waals surface area (Å²) in [5.74, 6) is -0.202. The molecule has 0 aromatic carbocycles. The van der Waals surface area contributed by atoms with Crippen LogP contribution in [0, 0.1) is 33.5 Å². The Labute approximate surface area is 192 Å². The first-order valence-electron chi connectivity index (χ1n) is 11.9. The van der Waals surface area contributed by atoms with Crippen molar-refractivity contribution in [1.29, 1.82) is 0 Å². The van der Waals surface area contributed by atoms with Gasteiger partial charge in [0, 0.05) is 18.3 Å². The van der Waals surface area contributed by atoms with E-state index in [9.17, 15) is 10.2 Å². The van der Waals surface area contributed by atoms with Crippen molar-refractivity contribution in [1.82, 2.24) is 0 Å². The van der Waals surface area contributed by atoms with E-state index in [0.29, 0.717) is 0 Å². The minimum atomic E-state index is -1.15. The van der Waals surface area contributed by atoms with Gasteiger partial charge in [-0.1, -0.05) is 120 Å². The lowest BCUT2D eigenvalue weighted by Crippen LogP contribution is -2.59. The van der Waals surface area contributed by atoms with Gasteiger partial charge in [-0.25, -0.2) is 0 Å². The molecule has 2 rings (SSSR count). The minimum absolute atomic E-state index is 0.101. The fraction of sp³-hybridized carbons (Fsp3) is 0.724. The van der Waals surface area contributed by atoms with Crippen molar-refractivity contribution < 1.29 is 10.2 Å². The van der Waals surface area contributed by atoms with Gasteiger partial charge in [-0.15, -0.1) is 0 Å². The van der Waals surface area contributed by atoms with Crippen LogP contribution in [0.2, 0.25) is 0 Å². The Bertz CT molecular complexity index is 728. The summed E-state index contributed by atoms with van der Waals surface area (Å²) in [7, 11) is 0. The Morgan fingerprint density at radius 2 is 0.903 bits per heavy atom. The molecule has 4 atom stereocenters. The van der Waals surface area contributed by atoms with Crippen LogP contribution in [0.5, 0.6) is 0 Å². The average Bonchev–Trinajstić information content (AvgIpc) is 2.49. The molecule has 2 aliphatic carbocycles. The van der Waals surface area contributed by atoms with Crippen molar-refractivity contribution in [2.75, 3.05) is 0 Å². The molecule has 0 saturated heterocycles. The standard InChI is InChI=1S/C29H48O2/c1-24(2,3)20-15-13-16-21(25(4,5)6)28(20,30)19-29(31)22(26(7,8)9)17-14-18-23(29)27(10,11)12/h13-18,20,22,30-31H,19H2,1-12H3/t20-,22+,28-,29+. The summed E-state index contributed by atoms with van der Waals surface area (Å²) >= 11 is 0. The molecule has 0 amide bonds. The van der Waals surface area contributed by atoms with Crippen molar-refractivity contribution >= 4 is 0 Å². The molecule has 2 heteroatoms. The first-order valence-corrected chi connectivity index (χ1v) is 11.9. The van der Waals surface area contributed by atoms with Gasteiger partial charge in [0.05, 0.1) is 11.2 Å². The van der Waals surface area contributed by atoms with Gasteiger partial charge < -0.3 is 10.2 Å². The van der Waals surface area contributed by atoms with Crippen LogP contribution in [0.25, 0.3) is 0 Å². The number of allylic oxidation sites excluding steroid dienone is 4. The smallest absolute Gasteiger partial charge is 0.0963 e. The lowest BCUT2D eigenvalue weighted by Gasteiger charge is -2.56. The van der Waals surface area contributed by atoms with Crippen LogP contribution >= 0.6 is 0 Å². The minimum Gasteiger partial charge on any atom is -0.385 e. The van der Waals surface area contributed by atoms with Crippen molar-refractivity contribution in [3.63, 3.8) is 0 Å². The second-order valence-corrected chi connectivity index (χ2v) is 14.1. The summed E-state index contributed by atoms with van der Waals surface area (Å²) in [5, 5.41) is 25.2. The number of hydrogen-bond acceptors (Lipinski definition) is 2. The van der Waals surface area contributed by atoms with Crippen LogP contribution in [-0.2, 0) is 0 Å². The monoisotopic (exact) mass is 428 g/mol. The molecule has 0 bridgehead atoms. The average molecular weight is 429 g/mol. The van der Waals surface area contributed by atoms with Crippen molar-refractivity contribution in [3.05, 3.63) is 47.6 Å². The Kier molecular flexibility index (Phi) is 6.52. The normalized spacial score (nSPS) is 32.7. The van der Waals surface area contributed by atoms with E-state index < -0.39 is 11.2 Å². The molecule has 31 heavy (non-hydrogen) atoms. The molecule has 0 aliphatic heterocycles. The third-order valence-corrected chi connectivity index (χ3v) is 7.12. The molecule has 2 nitrogen and oxygen atoms in total. The van der Waals surface area contributed by atoms with Crippen LogP contribution in [0.1, 0.15) is 89.5 Å². The van der Waals surface area contributed by atoms with Gasteiger partial charge in [0.2, 0.25) is 0 Å². The Balaban J connectivity index is 2.77. The Hall–Kier alpha value is -1.12. The molecule has 0 radical (unpaired) electrons. The summed E-state index contributed by atoms with van der Waals surface area (Å²) in [6.45, 7) is 26.1. The van der Waals surface area contributed by atoms with E-state index in [0.717, 1.165) is 11.1 Å². The fourth-order valence-corrected chi connectivity index (χ4v) is 6.10. The highest BCUT2D eigenvalue weighted by atomic mass is 16.3. The second-order valence-electron chi connectivity index (χ2n) is 14.1. The molecule has 0 spiro atoms. The molecule has 0 fully saturated rings. The maximum Gasteiger partial charge on any atom is 0.0963 e. The van der Waals surface area contributed by atoms with E-state index in [1.807, 2.05) is 0 Å². The first-order chi connectivity index (χ1) is 13.6. The van der Waals surface area contributed by atoms with Crippen LogP contribution in [0.15, 0.2) is 47.6 Å². The van der Waals surface area contributed by atoms with Crippen molar-refractivity contribution in [2.24, 2.45) is 33.5 Å². The van der Waals surface area contributed by atoms with Crippen LogP contribution in [-0.4, -0.2) is 21.4 Å². The van der Waals surface area contributed by atoms with Crippen molar-refractivity contribution in [2.45, 2.75) is 101 Å². The zero-order valence-electron chi connectivity index (χ0n) is 22.2. The summed E-state index contributed by atoms with van der Waals surface area (Å²) in [4.78, 5) is 0. The third-order valence-electron chi connectivity index (χ3n) is 7.12. The molecule has 2 aliphatic rings. The molecular weight excluding hydrogens is 380 g/mol. The maximum atomic E-state index is 12.6. The van der Waals surface area contributed by atoms with Gasteiger partial charge in [0.15, 0.2) is 0 Å². The highest BCUT2D eigenvalue weighted by Crippen LogP contribution is 2.56. The van der Waals surface area contributed by atoms with E-state index in [4.69, 9.17) is 0 Å². The molecule has 0 aromatic rings. The van der Waals surface area contributed by atoms with Crippen molar-refractivity contribution in [3.8, 4) is 0 Å². The lowest BCUT2D eigenvalue weighted by molar-refractivity contribution is -0.112. The van der Waals surface area contributed by atoms with Crippen LogP contribution < -0.4 is 0 Å². The lowest BCUT2D eigenvalue weighted by atomic mass is 9.53. The van der Waals surface area contributed by atoms with Crippen LogP contribution in [0.3, 0.4) is 0 Å². The molecular formula is C29H48O2. The molecule has 176 valence electrons. The quantitative estimate of drug-likeness (QED) is 0.486. The summed E-state index contributed by atoms with van der Waals surface area (Å²) in [6, 6.07) is 0. The molecule has 0 heterocycles. The molecule has 2 N–H and O–H groups in total. The Morgan fingerprint density at radius 3 is 1.13 bits per heavy atom. The summed E-state index contributed by atoms with van der Waals surface area (Å²) in [6.07, 6.45) is 12.9. The zero-order valence-corrected chi connectivity index (χ0v) is 22.2. The Morgan fingerprint density at radius 1 is 0.613 bits per heavy atom. The predicted octanol–water partition coefficient (Wildman–Crippen LogP) is 7.25. The fourth-order valence-electron chi connectivity index (χ4n) is 6.10.